The van der Waals surface area contributed by atoms with Gasteiger partial charge in [0.15, 0.2) is 5.82 Å². The minimum Gasteiger partial charge on any atom is -0.497 e. The molecule has 0 radical (unpaired) electrons. The summed E-state index contributed by atoms with van der Waals surface area (Å²) in [5.74, 6) is 1.12. The van der Waals surface area contributed by atoms with E-state index in [2.05, 4.69) is 10.1 Å². The van der Waals surface area contributed by atoms with Crippen LogP contribution in [0.2, 0.25) is 0 Å². The molecule has 0 N–H and O–H groups in total. The number of anilines is 2. The molecule has 0 bridgehead atoms. The zero-order valence-corrected chi connectivity index (χ0v) is 16.8. The van der Waals surface area contributed by atoms with Gasteiger partial charge in [0.05, 0.1) is 25.0 Å². The average Bonchev–Trinajstić information content (AvgIpc) is 3.03. The number of hydrogen-bond acceptors (Lipinski definition) is 7. The van der Waals surface area contributed by atoms with Crippen molar-refractivity contribution in [2.45, 2.75) is 25.3 Å². The van der Waals surface area contributed by atoms with Crippen molar-refractivity contribution in [1.82, 2.24) is 14.4 Å². The Balaban J connectivity index is 1.86. The Morgan fingerprint density at radius 2 is 1.86 bits per heavy atom. The molecule has 3 aromatic rings. The molecule has 0 saturated heterocycles. The molecule has 3 heterocycles. The number of nitrogens with zero attached hydrogens (tertiary/aromatic N) is 4. The summed E-state index contributed by atoms with van der Waals surface area (Å²) < 4.78 is 37.5. The molecule has 0 atom stereocenters. The molecule has 0 fully saturated rings. The van der Waals surface area contributed by atoms with Gasteiger partial charge in [-0.25, -0.2) is 27.4 Å². The number of sulfonamides is 1. The van der Waals surface area contributed by atoms with Gasteiger partial charge in [-0.2, -0.15) is 0 Å². The van der Waals surface area contributed by atoms with E-state index in [1.807, 2.05) is 0 Å². The van der Waals surface area contributed by atoms with Gasteiger partial charge in [0.25, 0.3) is 10.0 Å². The first-order chi connectivity index (χ1) is 13.8. The standard InChI is InChI=1S/C19H18N4O5S/c1-12-16(13(2)28-21-12)11-22-19(24)23(14-6-8-15(27-3)9-7-14)18-17(29(22,25)26)5-4-10-20-18/h4-10H,11H2,1-3H3. The summed E-state index contributed by atoms with van der Waals surface area (Å²) in [6, 6.07) is 8.93. The first-order valence-corrected chi connectivity index (χ1v) is 10.2. The predicted octanol–water partition coefficient (Wildman–Crippen LogP) is 3.16. The fraction of sp³-hybridized carbons (Fsp3) is 0.211. The molecule has 9 nitrogen and oxygen atoms in total. The van der Waals surface area contributed by atoms with Crippen molar-refractivity contribution in [3.63, 3.8) is 0 Å². The van der Waals surface area contributed by atoms with E-state index < -0.39 is 16.1 Å². The second-order valence-corrected chi connectivity index (χ2v) is 8.29. The second kappa shape index (κ2) is 6.89. The van der Waals surface area contributed by atoms with E-state index in [1.54, 1.807) is 38.1 Å². The Morgan fingerprint density at radius 1 is 1.14 bits per heavy atom. The van der Waals surface area contributed by atoms with Crippen molar-refractivity contribution < 1.29 is 22.5 Å². The smallest absolute Gasteiger partial charge is 0.344 e. The van der Waals surface area contributed by atoms with Gasteiger partial charge in [-0.05, 0) is 50.2 Å². The second-order valence-electron chi connectivity index (χ2n) is 6.46. The summed E-state index contributed by atoms with van der Waals surface area (Å²) in [7, 11) is -2.57. The summed E-state index contributed by atoms with van der Waals surface area (Å²) in [4.78, 5) is 18.7. The van der Waals surface area contributed by atoms with E-state index >= 15 is 0 Å². The number of benzene rings is 1. The number of carbonyl (C=O) groups is 1. The minimum atomic E-state index is -4.11. The number of rotatable bonds is 4. The van der Waals surface area contributed by atoms with Gasteiger partial charge in [0.2, 0.25) is 0 Å². The molecular weight excluding hydrogens is 396 g/mol. The van der Waals surface area contributed by atoms with Gasteiger partial charge in [-0.15, -0.1) is 0 Å². The number of ether oxygens (including phenoxy) is 1. The zero-order valence-electron chi connectivity index (χ0n) is 16.0. The molecule has 0 unspecified atom stereocenters. The first kappa shape index (κ1) is 18.9. The highest BCUT2D eigenvalue weighted by Crippen LogP contribution is 2.38. The molecule has 2 amide bonds. The van der Waals surface area contributed by atoms with Crippen molar-refractivity contribution in [3.05, 3.63) is 59.6 Å². The minimum absolute atomic E-state index is 0.0534. The largest absolute Gasteiger partial charge is 0.497 e. The van der Waals surface area contributed by atoms with Crippen LogP contribution in [-0.4, -0.2) is 36.0 Å². The zero-order chi connectivity index (χ0) is 20.8. The number of fused-ring (bicyclic) bond motifs is 1. The Morgan fingerprint density at radius 3 is 2.48 bits per heavy atom. The molecule has 1 aliphatic rings. The van der Waals surface area contributed by atoms with Crippen molar-refractivity contribution in [1.29, 1.82) is 0 Å². The third-order valence-electron chi connectivity index (χ3n) is 4.75. The van der Waals surface area contributed by atoms with Crippen LogP contribution in [0.5, 0.6) is 5.75 Å². The lowest BCUT2D eigenvalue weighted by Gasteiger charge is -2.35. The summed E-state index contributed by atoms with van der Waals surface area (Å²) in [6.07, 6.45) is 1.45. The normalized spacial score (nSPS) is 15.3. The summed E-state index contributed by atoms with van der Waals surface area (Å²) >= 11 is 0. The van der Waals surface area contributed by atoms with E-state index in [9.17, 15) is 13.2 Å². The van der Waals surface area contributed by atoms with Crippen LogP contribution >= 0.6 is 0 Å². The van der Waals surface area contributed by atoms with E-state index in [4.69, 9.17) is 9.26 Å². The average molecular weight is 414 g/mol. The van der Waals surface area contributed by atoms with Crippen molar-refractivity contribution >= 4 is 27.6 Å². The lowest BCUT2D eigenvalue weighted by atomic mass is 10.2. The van der Waals surface area contributed by atoms with Crippen LogP contribution in [0.3, 0.4) is 0 Å². The van der Waals surface area contributed by atoms with Crippen LogP contribution in [0.15, 0.2) is 52.0 Å². The predicted molar refractivity (Wildman–Crippen MR) is 103 cm³/mol. The maximum Gasteiger partial charge on any atom is 0.344 e. The number of hydrogen-bond donors (Lipinski definition) is 0. The van der Waals surface area contributed by atoms with E-state index in [-0.39, 0.29) is 17.3 Å². The number of urea groups is 1. The number of pyridine rings is 1. The molecule has 1 aliphatic heterocycles. The van der Waals surface area contributed by atoms with Gasteiger partial charge in [-0.1, -0.05) is 5.16 Å². The molecule has 29 heavy (non-hydrogen) atoms. The number of methoxy groups -OCH3 is 1. The number of carbonyl (C=O) groups excluding carboxylic acids is 1. The van der Waals surface area contributed by atoms with Gasteiger partial charge < -0.3 is 9.26 Å². The molecule has 0 spiro atoms. The quantitative estimate of drug-likeness (QED) is 0.645. The molecule has 0 aliphatic carbocycles. The Hall–Kier alpha value is -3.40. The Labute approximate surface area is 167 Å². The molecule has 2 aromatic heterocycles. The van der Waals surface area contributed by atoms with E-state index in [0.29, 0.717) is 28.5 Å². The molecule has 150 valence electrons. The lowest BCUT2D eigenvalue weighted by Crippen LogP contribution is -2.48. The fourth-order valence-electron chi connectivity index (χ4n) is 3.16. The summed E-state index contributed by atoms with van der Waals surface area (Å²) in [5.41, 5.74) is 1.54. The van der Waals surface area contributed by atoms with Crippen LogP contribution in [0, 0.1) is 13.8 Å². The highest BCUT2D eigenvalue weighted by molar-refractivity contribution is 7.90. The molecule has 10 heteroatoms. The maximum absolute atomic E-state index is 13.4. The van der Waals surface area contributed by atoms with Gasteiger partial charge >= 0.3 is 6.03 Å². The van der Waals surface area contributed by atoms with Crippen molar-refractivity contribution in [3.8, 4) is 5.75 Å². The van der Waals surface area contributed by atoms with Crippen molar-refractivity contribution in [2.24, 2.45) is 0 Å². The highest BCUT2D eigenvalue weighted by atomic mass is 32.2. The van der Waals surface area contributed by atoms with Gasteiger partial charge in [0, 0.05) is 11.8 Å². The monoisotopic (exact) mass is 414 g/mol. The fourth-order valence-corrected chi connectivity index (χ4v) is 4.61. The van der Waals surface area contributed by atoms with Crippen LogP contribution < -0.4 is 9.64 Å². The molecule has 1 aromatic carbocycles. The third kappa shape index (κ3) is 3.01. The molecule has 0 saturated carbocycles. The highest BCUT2D eigenvalue weighted by Gasteiger charge is 2.43. The van der Waals surface area contributed by atoms with Crippen LogP contribution in [0.1, 0.15) is 17.0 Å². The Bertz CT molecular complexity index is 1170. The van der Waals surface area contributed by atoms with Crippen LogP contribution in [0.25, 0.3) is 0 Å². The van der Waals surface area contributed by atoms with E-state index in [1.165, 1.54) is 30.3 Å². The van der Waals surface area contributed by atoms with E-state index in [0.717, 1.165) is 4.31 Å². The number of amides is 2. The lowest BCUT2D eigenvalue weighted by molar-refractivity contribution is 0.229. The summed E-state index contributed by atoms with van der Waals surface area (Å²) in [5, 5.41) is 3.85. The van der Waals surface area contributed by atoms with Crippen LogP contribution in [-0.2, 0) is 16.6 Å². The SMILES string of the molecule is COc1ccc(N2C(=O)N(Cc3c(C)noc3C)S(=O)(=O)c3cccnc32)cc1. The Kier molecular flexibility index (Phi) is 4.50. The van der Waals surface area contributed by atoms with Gasteiger partial charge in [0.1, 0.15) is 16.4 Å². The molecular formula is C19H18N4O5S. The van der Waals surface area contributed by atoms with Crippen molar-refractivity contribution in [2.75, 3.05) is 12.0 Å². The topological polar surface area (TPSA) is 106 Å². The van der Waals surface area contributed by atoms with Gasteiger partial charge in [-0.3, -0.25) is 0 Å². The number of aryl methyl sites for hydroxylation is 2. The number of aromatic nitrogens is 2. The first-order valence-electron chi connectivity index (χ1n) is 8.72. The maximum atomic E-state index is 13.4. The van der Waals surface area contributed by atoms with Crippen LogP contribution in [0.4, 0.5) is 16.3 Å². The third-order valence-corrected chi connectivity index (χ3v) is 6.49. The summed E-state index contributed by atoms with van der Waals surface area (Å²) in [6.45, 7) is 3.18. The molecule has 4 rings (SSSR count).